The van der Waals surface area contributed by atoms with Gasteiger partial charge in [0.15, 0.2) is 0 Å². The summed E-state index contributed by atoms with van der Waals surface area (Å²) in [6, 6.07) is 23.9. The predicted octanol–water partition coefficient (Wildman–Crippen LogP) is 4.47. The van der Waals surface area contributed by atoms with Crippen LogP contribution in [0.4, 0.5) is 5.69 Å². The zero-order chi connectivity index (χ0) is 25.6. The Bertz CT molecular complexity index is 1380. The first-order valence-electron chi connectivity index (χ1n) is 12.6. The zero-order valence-electron chi connectivity index (χ0n) is 20.7. The van der Waals surface area contributed by atoms with Crippen molar-refractivity contribution in [2.45, 2.75) is 25.3 Å². The number of hydrogen-bond acceptors (Lipinski definition) is 4. The van der Waals surface area contributed by atoms with E-state index >= 15 is 0 Å². The number of hydrogen-bond donors (Lipinski definition) is 3. The highest BCUT2D eigenvalue weighted by molar-refractivity contribution is 5.86. The van der Waals surface area contributed by atoms with Crippen LogP contribution in [0.1, 0.15) is 34.7 Å². The normalized spacial score (nSPS) is 14.4. The first-order chi connectivity index (χ1) is 18.1. The standard InChI is InChI=1S/C30H31N3O4/c34-28(19-21-10-12-26-25(18-21)23(20-31-26)11-13-29(35)36)32-30(22-6-2-1-3-7-22)24-8-4-5-9-27(24)33-14-16-37-17-15-33/h1-10,12,18,20,30-31H,11,13-17,19H2,(H,32,34)(H,35,36). The molecule has 1 aliphatic rings. The average Bonchev–Trinajstić information content (AvgIpc) is 3.34. The maximum absolute atomic E-state index is 13.4. The highest BCUT2D eigenvalue weighted by Crippen LogP contribution is 2.31. The van der Waals surface area contributed by atoms with Gasteiger partial charge in [0.1, 0.15) is 0 Å². The second-order valence-corrected chi connectivity index (χ2v) is 9.33. The van der Waals surface area contributed by atoms with Crippen molar-refractivity contribution in [1.82, 2.24) is 10.3 Å². The zero-order valence-corrected chi connectivity index (χ0v) is 20.7. The topological polar surface area (TPSA) is 94.7 Å². The summed E-state index contributed by atoms with van der Waals surface area (Å²) in [4.78, 5) is 30.0. The van der Waals surface area contributed by atoms with Crippen LogP contribution in [0.3, 0.4) is 0 Å². The lowest BCUT2D eigenvalue weighted by Gasteiger charge is -2.33. The van der Waals surface area contributed by atoms with Gasteiger partial charge in [-0.15, -0.1) is 0 Å². The molecule has 1 saturated heterocycles. The van der Waals surface area contributed by atoms with Gasteiger partial charge in [0, 0.05) is 47.9 Å². The van der Waals surface area contributed by atoms with Crippen LogP contribution in [0.5, 0.6) is 0 Å². The molecule has 5 rings (SSSR count). The predicted molar refractivity (Wildman–Crippen MR) is 144 cm³/mol. The first kappa shape index (κ1) is 24.6. The van der Waals surface area contributed by atoms with Crippen molar-refractivity contribution in [2.24, 2.45) is 0 Å². The summed E-state index contributed by atoms with van der Waals surface area (Å²) in [5, 5.41) is 13.3. The van der Waals surface area contributed by atoms with Crippen LogP contribution in [0, 0.1) is 0 Å². The number of rotatable bonds is 9. The van der Waals surface area contributed by atoms with E-state index in [9.17, 15) is 9.59 Å². The van der Waals surface area contributed by atoms with Crippen molar-refractivity contribution in [1.29, 1.82) is 0 Å². The molecule has 3 N–H and O–H groups in total. The molecule has 1 fully saturated rings. The van der Waals surface area contributed by atoms with Crippen LogP contribution in [-0.2, 0) is 27.2 Å². The van der Waals surface area contributed by atoms with E-state index in [1.165, 1.54) is 0 Å². The van der Waals surface area contributed by atoms with Gasteiger partial charge in [-0.3, -0.25) is 9.59 Å². The number of fused-ring (bicyclic) bond motifs is 1. The Morgan fingerprint density at radius 1 is 1.00 bits per heavy atom. The van der Waals surface area contributed by atoms with Crippen LogP contribution in [0.2, 0.25) is 0 Å². The fourth-order valence-corrected chi connectivity index (χ4v) is 4.99. The number of aryl methyl sites for hydroxylation is 1. The van der Waals surface area contributed by atoms with E-state index in [1.54, 1.807) is 0 Å². The second-order valence-electron chi connectivity index (χ2n) is 9.33. The molecule has 1 unspecified atom stereocenters. The Morgan fingerprint density at radius 3 is 2.54 bits per heavy atom. The Kier molecular flexibility index (Phi) is 7.51. The number of nitrogens with zero attached hydrogens (tertiary/aromatic N) is 1. The highest BCUT2D eigenvalue weighted by atomic mass is 16.5. The second kappa shape index (κ2) is 11.3. The fourth-order valence-electron chi connectivity index (χ4n) is 4.99. The molecule has 3 aromatic carbocycles. The van der Waals surface area contributed by atoms with E-state index in [0.29, 0.717) is 19.6 Å². The lowest BCUT2D eigenvalue weighted by atomic mass is 9.95. The Hall–Kier alpha value is -4.10. The molecule has 1 aromatic heterocycles. The summed E-state index contributed by atoms with van der Waals surface area (Å²) in [6.07, 6.45) is 2.59. The third kappa shape index (κ3) is 5.84. The molecule has 0 bridgehead atoms. The smallest absolute Gasteiger partial charge is 0.303 e. The first-order valence-corrected chi connectivity index (χ1v) is 12.6. The van der Waals surface area contributed by atoms with E-state index in [-0.39, 0.29) is 24.8 Å². The van der Waals surface area contributed by atoms with Gasteiger partial charge >= 0.3 is 5.97 Å². The van der Waals surface area contributed by atoms with Gasteiger partial charge in [-0.2, -0.15) is 0 Å². The van der Waals surface area contributed by atoms with Crippen LogP contribution < -0.4 is 10.2 Å². The number of amides is 1. The van der Waals surface area contributed by atoms with Crippen molar-refractivity contribution in [3.8, 4) is 0 Å². The minimum absolute atomic E-state index is 0.0684. The molecule has 0 radical (unpaired) electrons. The molecule has 7 nitrogen and oxygen atoms in total. The van der Waals surface area contributed by atoms with E-state index in [1.807, 2.05) is 66.9 Å². The number of ether oxygens (including phenoxy) is 1. The molecular weight excluding hydrogens is 466 g/mol. The third-order valence-electron chi connectivity index (χ3n) is 6.84. The van der Waals surface area contributed by atoms with Crippen LogP contribution in [0.15, 0.2) is 79.0 Å². The number of H-pyrrole nitrogens is 1. The summed E-state index contributed by atoms with van der Waals surface area (Å²) in [6.45, 7) is 3.00. The summed E-state index contributed by atoms with van der Waals surface area (Å²) in [7, 11) is 0. The quantitative estimate of drug-likeness (QED) is 0.317. The molecule has 1 aliphatic heterocycles. The largest absolute Gasteiger partial charge is 0.481 e. The lowest BCUT2D eigenvalue weighted by Crippen LogP contribution is -2.38. The average molecular weight is 498 g/mol. The molecule has 7 heteroatoms. The van der Waals surface area contributed by atoms with Gasteiger partial charge in [-0.05, 0) is 41.3 Å². The maximum Gasteiger partial charge on any atom is 0.303 e. The molecule has 1 amide bonds. The van der Waals surface area contributed by atoms with Gasteiger partial charge < -0.3 is 25.0 Å². The van der Waals surface area contributed by atoms with Crippen LogP contribution in [-0.4, -0.2) is 48.3 Å². The summed E-state index contributed by atoms with van der Waals surface area (Å²) in [5.41, 5.74) is 5.95. The van der Waals surface area contributed by atoms with Crippen molar-refractivity contribution in [3.05, 3.63) is 101 Å². The van der Waals surface area contributed by atoms with Crippen molar-refractivity contribution < 1.29 is 19.4 Å². The van der Waals surface area contributed by atoms with Gasteiger partial charge in [0.2, 0.25) is 5.91 Å². The number of aromatic nitrogens is 1. The summed E-state index contributed by atoms with van der Waals surface area (Å²) in [5.74, 6) is -0.901. The summed E-state index contributed by atoms with van der Waals surface area (Å²) >= 11 is 0. The van der Waals surface area contributed by atoms with Crippen molar-refractivity contribution >= 4 is 28.5 Å². The maximum atomic E-state index is 13.4. The number of aliphatic carboxylic acids is 1. The van der Waals surface area contributed by atoms with E-state index < -0.39 is 5.97 Å². The highest BCUT2D eigenvalue weighted by Gasteiger charge is 2.23. The Labute approximate surface area is 216 Å². The number of aromatic amines is 1. The molecule has 0 spiro atoms. The fraction of sp³-hybridized carbons (Fsp3) is 0.267. The SMILES string of the molecule is O=C(O)CCc1c[nH]c2ccc(CC(=O)NC(c3ccccc3)c3ccccc3N3CCOCC3)cc12. The van der Waals surface area contributed by atoms with E-state index in [2.05, 4.69) is 27.3 Å². The molecule has 0 saturated carbocycles. The number of anilines is 1. The molecular formula is C30H31N3O4. The van der Waals surface area contributed by atoms with Gasteiger partial charge in [0.05, 0.1) is 25.7 Å². The number of morpholine rings is 1. The molecule has 190 valence electrons. The Balaban J connectivity index is 1.40. The molecule has 37 heavy (non-hydrogen) atoms. The molecule has 1 atom stereocenters. The number of nitrogens with one attached hydrogen (secondary N) is 2. The summed E-state index contributed by atoms with van der Waals surface area (Å²) < 4.78 is 5.55. The monoisotopic (exact) mass is 497 g/mol. The number of carboxylic acid groups (broad SMARTS) is 1. The van der Waals surface area contributed by atoms with E-state index in [4.69, 9.17) is 9.84 Å². The number of benzene rings is 3. The molecule has 4 aromatic rings. The minimum Gasteiger partial charge on any atom is -0.481 e. The number of carbonyl (C=O) groups is 2. The minimum atomic E-state index is -0.825. The molecule has 2 heterocycles. The van der Waals surface area contributed by atoms with Gasteiger partial charge in [0.25, 0.3) is 0 Å². The van der Waals surface area contributed by atoms with Gasteiger partial charge in [-0.25, -0.2) is 0 Å². The lowest BCUT2D eigenvalue weighted by molar-refractivity contribution is -0.137. The number of carboxylic acids is 1. The molecule has 0 aliphatic carbocycles. The Morgan fingerprint density at radius 2 is 1.76 bits per heavy atom. The van der Waals surface area contributed by atoms with Crippen LogP contribution in [0.25, 0.3) is 10.9 Å². The third-order valence-corrected chi connectivity index (χ3v) is 6.84. The van der Waals surface area contributed by atoms with Crippen LogP contribution >= 0.6 is 0 Å². The van der Waals surface area contributed by atoms with Gasteiger partial charge in [-0.1, -0.05) is 54.6 Å². The number of para-hydroxylation sites is 1. The van der Waals surface area contributed by atoms with Crippen molar-refractivity contribution in [2.75, 3.05) is 31.2 Å². The number of carbonyl (C=O) groups excluding carboxylic acids is 1. The van der Waals surface area contributed by atoms with E-state index in [0.717, 1.165) is 51.9 Å². The van der Waals surface area contributed by atoms with Crippen molar-refractivity contribution in [3.63, 3.8) is 0 Å².